The highest BCUT2D eigenvalue weighted by molar-refractivity contribution is 6.16. The highest BCUT2D eigenvalue weighted by Crippen LogP contribution is 2.21. The lowest BCUT2D eigenvalue weighted by atomic mass is 9.99. The van der Waals surface area contributed by atoms with Crippen LogP contribution in [0.5, 0.6) is 0 Å². The van der Waals surface area contributed by atoms with Crippen molar-refractivity contribution in [2.75, 3.05) is 18.4 Å². The maximum Gasteiger partial charge on any atom is 0.0907 e. The van der Waals surface area contributed by atoms with Crippen molar-refractivity contribution < 1.29 is 5.11 Å². The molecular formula is C16H16N2O. The van der Waals surface area contributed by atoms with Gasteiger partial charge in [0.1, 0.15) is 0 Å². The highest BCUT2D eigenvalue weighted by atomic mass is 16.3. The third-order valence-corrected chi connectivity index (χ3v) is 3.22. The van der Waals surface area contributed by atoms with Gasteiger partial charge in [0, 0.05) is 23.4 Å². The summed E-state index contributed by atoms with van der Waals surface area (Å²) in [5.74, 6) is 0. The van der Waals surface area contributed by atoms with Gasteiger partial charge in [-0.05, 0) is 6.07 Å². The minimum Gasteiger partial charge on any atom is -0.389 e. The fourth-order valence-corrected chi connectivity index (χ4v) is 2.26. The largest absolute Gasteiger partial charge is 0.389 e. The number of hydrogen-bond acceptors (Lipinski definition) is 3. The van der Waals surface area contributed by atoms with Crippen LogP contribution in [0.1, 0.15) is 11.1 Å². The van der Waals surface area contributed by atoms with Crippen LogP contribution in [-0.2, 0) is 0 Å². The van der Waals surface area contributed by atoms with Crippen LogP contribution in [0.15, 0.2) is 59.6 Å². The van der Waals surface area contributed by atoms with E-state index in [0.717, 1.165) is 22.5 Å². The monoisotopic (exact) mass is 252 g/mol. The van der Waals surface area contributed by atoms with E-state index in [1.165, 1.54) is 0 Å². The zero-order valence-corrected chi connectivity index (χ0v) is 10.6. The van der Waals surface area contributed by atoms with E-state index in [2.05, 4.69) is 16.4 Å². The molecule has 1 atom stereocenters. The fourth-order valence-electron chi connectivity index (χ4n) is 2.26. The summed E-state index contributed by atoms with van der Waals surface area (Å²) in [4.78, 5) is 4.60. The average molecular weight is 252 g/mol. The molecule has 19 heavy (non-hydrogen) atoms. The van der Waals surface area contributed by atoms with E-state index in [1.807, 2.05) is 48.5 Å². The summed E-state index contributed by atoms with van der Waals surface area (Å²) in [6.07, 6.45) is -0.452. The summed E-state index contributed by atoms with van der Waals surface area (Å²) < 4.78 is 0. The van der Waals surface area contributed by atoms with Crippen molar-refractivity contribution in [3.05, 3.63) is 65.7 Å². The zero-order valence-electron chi connectivity index (χ0n) is 10.6. The minimum absolute atomic E-state index is 0.422. The average Bonchev–Trinajstić information content (AvgIpc) is 2.45. The molecule has 0 saturated heterocycles. The van der Waals surface area contributed by atoms with Crippen LogP contribution >= 0.6 is 0 Å². The Hall–Kier alpha value is -2.13. The number of para-hydroxylation sites is 1. The topological polar surface area (TPSA) is 44.6 Å². The van der Waals surface area contributed by atoms with Gasteiger partial charge in [-0.1, -0.05) is 48.5 Å². The Morgan fingerprint density at radius 1 is 1.00 bits per heavy atom. The molecular weight excluding hydrogens is 236 g/mol. The number of anilines is 1. The van der Waals surface area contributed by atoms with E-state index in [9.17, 15) is 5.11 Å². The number of β-amino-alcohol motifs (C(OH)–C–C–N with tert-alkyl or cyclic N) is 1. The minimum atomic E-state index is -0.452. The van der Waals surface area contributed by atoms with E-state index >= 15 is 0 Å². The van der Waals surface area contributed by atoms with Crippen LogP contribution in [0.2, 0.25) is 0 Å². The fraction of sp³-hybridized carbons (Fsp3) is 0.188. The zero-order chi connectivity index (χ0) is 13.1. The molecule has 2 aromatic carbocycles. The first-order valence-corrected chi connectivity index (χ1v) is 6.46. The Kier molecular flexibility index (Phi) is 3.29. The molecule has 0 spiro atoms. The number of aliphatic imine (C=N–C) groups is 1. The molecule has 2 N–H and O–H groups in total. The summed E-state index contributed by atoms with van der Waals surface area (Å²) in [6, 6.07) is 18.2. The first-order chi connectivity index (χ1) is 9.34. The molecule has 96 valence electrons. The molecule has 0 radical (unpaired) electrons. The standard InChI is InChI=1S/C16H16N2O/c19-13-10-17-15-9-5-4-8-14(15)16(18-11-13)12-6-2-1-3-7-12/h1-9,13,17,19H,10-11H2/b18-16-. The lowest BCUT2D eigenvalue weighted by Gasteiger charge is -2.20. The molecule has 0 aliphatic carbocycles. The lowest BCUT2D eigenvalue weighted by Crippen LogP contribution is -2.26. The number of benzene rings is 2. The van der Waals surface area contributed by atoms with Crippen LogP contribution in [-0.4, -0.2) is 30.0 Å². The van der Waals surface area contributed by atoms with Crippen LogP contribution in [0, 0.1) is 0 Å². The summed E-state index contributed by atoms with van der Waals surface area (Å²) >= 11 is 0. The van der Waals surface area contributed by atoms with Crippen molar-refractivity contribution in [2.24, 2.45) is 4.99 Å². The molecule has 3 rings (SSSR count). The number of aliphatic hydroxyl groups excluding tert-OH is 1. The Morgan fingerprint density at radius 2 is 1.74 bits per heavy atom. The predicted molar refractivity (Wildman–Crippen MR) is 77.9 cm³/mol. The van der Waals surface area contributed by atoms with Gasteiger partial charge in [-0.3, -0.25) is 4.99 Å². The number of aliphatic hydroxyl groups is 1. The molecule has 2 aromatic rings. The van der Waals surface area contributed by atoms with Crippen LogP contribution in [0.4, 0.5) is 5.69 Å². The number of nitrogens with zero attached hydrogens (tertiary/aromatic N) is 1. The molecule has 0 aromatic heterocycles. The van der Waals surface area contributed by atoms with Crippen LogP contribution in [0.25, 0.3) is 0 Å². The Balaban J connectivity index is 2.12. The molecule has 1 unspecified atom stereocenters. The van der Waals surface area contributed by atoms with Gasteiger partial charge < -0.3 is 10.4 Å². The molecule has 1 aliphatic heterocycles. The molecule has 0 fully saturated rings. The van der Waals surface area contributed by atoms with Crippen molar-refractivity contribution in [3.8, 4) is 0 Å². The number of fused-ring (bicyclic) bond motifs is 1. The van der Waals surface area contributed by atoms with Gasteiger partial charge in [-0.2, -0.15) is 0 Å². The molecule has 0 saturated carbocycles. The first kappa shape index (κ1) is 11.9. The van der Waals surface area contributed by atoms with Crippen molar-refractivity contribution in [2.45, 2.75) is 6.10 Å². The van der Waals surface area contributed by atoms with E-state index in [4.69, 9.17) is 0 Å². The second kappa shape index (κ2) is 5.24. The summed E-state index contributed by atoms with van der Waals surface area (Å²) in [7, 11) is 0. The molecule has 3 nitrogen and oxygen atoms in total. The highest BCUT2D eigenvalue weighted by Gasteiger charge is 2.15. The van der Waals surface area contributed by atoms with Gasteiger partial charge in [0.2, 0.25) is 0 Å². The lowest BCUT2D eigenvalue weighted by molar-refractivity contribution is 0.196. The van der Waals surface area contributed by atoms with Crippen LogP contribution in [0.3, 0.4) is 0 Å². The SMILES string of the molecule is OC1C/N=C(/c2ccccc2)c2ccccc2NC1. The van der Waals surface area contributed by atoms with E-state index < -0.39 is 6.10 Å². The number of rotatable bonds is 1. The number of nitrogens with one attached hydrogen (secondary N) is 1. The van der Waals surface area contributed by atoms with Gasteiger partial charge in [0.25, 0.3) is 0 Å². The van der Waals surface area contributed by atoms with Gasteiger partial charge >= 0.3 is 0 Å². The molecule has 1 aliphatic rings. The van der Waals surface area contributed by atoms with Crippen molar-refractivity contribution >= 4 is 11.4 Å². The van der Waals surface area contributed by atoms with Crippen LogP contribution < -0.4 is 5.32 Å². The third-order valence-electron chi connectivity index (χ3n) is 3.22. The molecule has 0 bridgehead atoms. The maximum absolute atomic E-state index is 9.83. The van der Waals surface area contributed by atoms with E-state index in [-0.39, 0.29) is 0 Å². The molecule has 1 heterocycles. The Bertz CT molecular complexity index is 593. The van der Waals surface area contributed by atoms with Crippen molar-refractivity contribution in [1.82, 2.24) is 0 Å². The third kappa shape index (κ3) is 2.51. The Morgan fingerprint density at radius 3 is 2.58 bits per heavy atom. The molecule has 0 amide bonds. The summed E-state index contributed by atoms with van der Waals surface area (Å²) in [6.45, 7) is 0.953. The quantitative estimate of drug-likeness (QED) is 0.818. The predicted octanol–water partition coefficient (Wildman–Crippen LogP) is 2.31. The summed E-state index contributed by atoms with van der Waals surface area (Å²) in [5, 5.41) is 13.1. The smallest absolute Gasteiger partial charge is 0.0907 e. The molecule has 3 heteroatoms. The number of hydrogen-bond donors (Lipinski definition) is 2. The Labute approximate surface area is 112 Å². The maximum atomic E-state index is 9.83. The first-order valence-electron chi connectivity index (χ1n) is 6.46. The van der Waals surface area contributed by atoms with Gasteiger partial charge in [-0.25, -0.2) is 0 Å². The van der Waals surface area contributed by atoms with Gasteiger partial charge in [-0.15, -0.1) is 0 Å². The van der Waals surface area contributed by atoms with Crippen molar-refractivity contribution in [1.29, 1.82) is 0 Å². The van der Waals surface area contributed by atoms with Gasteiger partial charge in [0.05, 0.1) is 18.4 Å². The van der Waals surface area contributed by atoms with E-state index in [0.29, 0.717) is 13.1 Å². The summed E-state index contributed by atoms with van der Waals surface area (Å²) in [5.41, 5.74) is 4.11. The normalized spacial score (nSPS) is 21.3. The second-order valence-electron chi connectivity index (χ2n) is 4.64. The van der Waals surface area contributed by atoms with E-state index in [1.54, 1.807) is 0 Å². The van der Waals surface area contributed by atoms with Crippen molar-refractivity contribution in [3.63, 3.8) is 0 Å². The second-order valence-corrected chi connectivity index (χ2v) is 4.64. The van der Waals surface area contributed by atoms with Gasteiger partial charge in [0.15, 0.2) is 0 Å².